The van der Waals surface area contributed by atoms with E-state index in [2.05, 4.69) is 51.7 Å². The zero-order valence-corrected chi connectivity index (χ0v) is 20.2. The fourth-order valence-corrected chi connectivity index (χ4v) is 5.59. The molecular formula is C24H32N2O4S. The molecule has 2 heterocycles. The second-order valence-corrected chi connectivity index (χ2v) is 10.5. The summed E-state index contributed by atoms with van der Waals surface area (Å²) < 4.78 is 5.06. The van der Waals surface area contributed by atoms with E-state index in [1.807, 2.05) is 6.07 Å². The maximum absolute atomic E-state index is 12.7. The Hall–Kier alpha value is -2.28. The minimum atomic E-state index is -0.586. The van der Waals surface area contributed by atoms with E-state index >= 15 is 0 Å². The van der Waals surface area contributed by atoms with Gasteiger partial charge in [0.2, 0.25) is 0 Å². The summed E-state index contributed by atoms with van der Waals surface area (Å²) in [5.74, 6) is -0.654. The Morgan fingerprint density at radius 2 is 1.94 bits per heavy atom. The van der Waals surface area contributed by atoms with Gasteiger partial charge in [-0.3, -0.25) is 19.3 Å². The molecule has 0 radical (unpaired) electrons. The molecule has 2 aliphatic heterocycles. The molecule has 1 aromatic carbocycles. The molecule has 7 heteroatoms. The number of hydrogen-bond donors (Lipinski definition) is 0. The molecule has 1 saturated heterocycles. The number of amides is 2. The summed E-state index contributed by atoms with van der Waals surface area (Å²) in [7, 11) is 0. The maximum atomic E-state index is 12.7. The molecule has 6 nitrogen and oxygen atoms in total. The first-order valence-electron chi connectivity index (χ1n) is 10.8. The SMILES string of the molecule is CC(C)OC(=O)CN1C(=O)S/C(=C/c2ccc3c(c2)C(C)CC(C)(C)N3C(C)C)C1=O. The van der Waals surface area contributed by atoms with Crippen molar-refractivity contribution in [2.75, 3.05) is 11.4 Å². The van der Waals surface area contributed by atoms with Crippen molar-refractivity contribution in [1.82, 2.24) is 4.90 Å². The highest BCUT2D eigenvalue weighted by Crippen LogP contribution is 2.45. The van der Waals surface area contributed by atoms with Crippen molar-refractivity contribution in [1.29, 1.82) is 0 Å². The van der Waals surface area contributed by atoms with E-state index in [9.17, 15) is 14.4 Å². The van der Waals surface area contributed by atoms with Crippen LogP contribution in [-0.2, 0) is 14.3 Å². The summed E-state index contributed by atoms with van der Waals surface area (Å²) in [6.45, 7) is 14.3. The second-order valence-electron chi connectivity index (χ2n) is 9.51. The smallest absolute Gasteiger partial charge is 0.326 e. The highest BCUT2D eigenvalue weighted by molar-refractivity contribution is 8.18. The van der Waals surface area contributed by atoms with E-state index < -0.39 is 17.1 Å². The van der Waals surface area contributed by atoms with Crippen LogP contribution in [-0.4, -0.2) is 46.2 Å². The molecule has 2 aliphatic rings. The number of rotatable bonds is 5. The molecular weight excluding hydrogens is 412 g/mol. The Labute approximate surface area is 189 Å². The van der Waals surface area contributed by atoms with Crippen LogP contribution in [0.4, 0.5) is 10.5 Å². The normalized spacial score (nSPS) is 22.0. The molecule has 3 rings (SSSR count). The van der Waals surface area contributed by atoms with Crippen molar-refractivity contribution in [2.45, 2.75) is 78.5 Å². The number of benzene rings is 1. The van der Waals surface area contributed by atoms with Crippen LogP contribution in [0, 0.1) is 0 Å². The molecule has 1 atom stereocenters. The van der Waals surface area contributed by atoms with Crippen LogP contribution in [0.5, 0.6) is 0 Å². The average molecular weight is 445 g/mol. The summed E-state index contributed by atoms with van der Waals surface area (Å²) in [6.07, 6.45) is 2.48. The van der Waals surface area contributed by atoms with Crippen LogP contribution < -0.4 is 4.90 Å². The summed E-state index contributed by atoms with van der Waals surface area (Å²) in [5.41, 5.74) is 3.42. The lowest BCUT2D eigenvalue weighted by Crippen LogP contribution is -2.51. The quantitative estimate of drug-likeness (QED) is 0.461. The number of carbonyl (C=O) groups excluding carboxylic acids is 3. The number of hydrogen-bond acceptors (Lipinski definition) is 6. The van der Waals surface area contributed by atoms with Crippen molar-refractivity contribution in [3.8, 4) is 0 Å². The molecule has 0 spiro atoms. The van der Waals surface area contributed by atoms with Crippen molar-refractivity contribution in [2.24, 2.45) is 0 Å². The minimum absolute atomic E-state index is 0.0648. The van der Waals surface area contributed by atoms with Crippen LogP contribution in [0.15, 0.2) is 23.1 Å². The third-order valence-corrected chi connectivity index (χ3v) is 6.55. The second kappa shape index (κ2) is 8.69. The molecule has 0 saturated carbocycles. The van der Waals surface area contributed by atoms with E-state index in [1.54, 1.807) is 19.9 Å². The van der Waals surface area contributed by atoms with Gasteiger partial charge in [-0.2, -0.15) is 0 Å². The molecule has 2 amide bonds. The van der Waals surface area contributed by atoms with Crippen molar-refractivity contribution in [3.63, 3.8) is 0 Å². The lowest BCUT2D eigenvalue weighted by molar-refractivity contribution is -0.149. The van der Waals surface area contributed by atoms with Gasteiger partial charge < -0.3 is 9.64 Å². The molecule has 1 fully saturated rings. The average Bonchev–Trinajstić information content (AvgIpc) is 2.88. The van der Waals surface area contributed by atoms with Gasteiger partial charge in [-0.25, -0.2) is 0 Å². The molecule has 0 aromatic heterocycles. The third kappa shape index (κ3) is 4.81. The number of imide groups is 1. The highest BCUT2D eigenvalue weighted by atomic mass is 32.2. The van der Waals surface area contributed by atoms with E-state index in [-0.39, 0.29) is 18.2 Å². The largest absolute Gasteiger partial charge is 0.462 e. The Balaban J connectivity index is 1.87. The maximum Gasteiger partial charge on any atom is 0.326 e. The molecule has 0 bridgehead atoms. The first-order chi connectivity index (χ1) is 14.4. The fraction of sp³-hybridized carbons (Fsp3) is 0.542. The van der Waals surface area contributed by atoms with E-state index in [0.29, 0.717) is 16.9 Å². The number of thioether (sulfide) groups is 1. The fourth-order valence-electron chi connectivity index (χ4n) is 4.75. The standard InChI is InChI=1S/C24H32N2O4S/c1-14(2)26-19-9-8-17(10-18(19)16(5)12-24(26,6)7)11-20-22(28)25(23(29)31-20)13-21(27)30-15(3)4/h8-11,14-16H,12-13H2,1-7H3/b20-11+. The van der Waals surface area contributed by atoms with Gasteiger partial charge in [0.05, 0.1) is 11.0 Å². The predicted octanol–water partition coefficient (Wildman–Crippen LogP) is 5.18. The van der Waals surface area contributed by atoms with Crippen LogP contribution in [0.3, 0.4) is 0 Å². The Morgan fingerprint density at radius 1 is 1.26 bits per heavy atom. The summed E-state index contributed by atoms with van der Waals surface area (Å²) in [6, 6.07) is 6.59. The minimum Gasteiger partial charge on any atom is -0.462 e. The van der Waals surface area contributed by atoms with Gasteiger partial charge in [0.25, 0.3) is 11.1 Å². The number of ether oxygens (including phenoxy) is 1. The van der Waals surface area contributed by atoms with E-state index in [0.717, 1.165) is 28.6 Å². The third-order valence-electron chi connectivity index (χ3n) is 5.64. The lowest BCUT2D eigenvalue weighted by atomic mass is 9.79. The zero-order chi connectivity index (χ0) is 23.1. The van der Waals surface area contributed by atoms with Crippen LogP contribution >= 0.6 is 11.8 Å². The number of carbonyl (C=O) groups is 3. The van der Waals surface area contributed by atoms with Crippen LogP contribution in [0.25, 0.3) is 6.08 Å². The Kier molecular flexibility index (Phi) is 6.56. The first kappa shape index (κ1) is 23.4. The van der Waals surface area contributed by atoms with E-state index in [4.69, 9.17) is 4.74 Å². The summed E-state index contributed by atoms with van der Waals surface area (Å²) in [4.78, 5) is 40.6. The zero-order valence-electron chi connectivity index (χ0n) is 19.4. The van der Waals surface area contributed by atoms with Gasteiger partial charge in [-0.1, -0.05) is 13.0 Å². The van der Waals surface area contributed by atoms with Crippen LogP contribution in [0.2, 0.25) is 0 Å². The molecule has 1 aromatic rings. The Morgan fingerprint density at radius 3 is 2.55 bits per heavy atom. The highest BCUT2D eigenvalue weighted by Gasteiger charge is 2.39. The first-order valence-corrected chi connectivity index (χ1v) is 11.6. The topological polar surface area (TPSA) is 66.9 Å². The number of anilines is 1. The summed E-state index contributed by atoms with van der Waals surface area (Å²) in [5, 5.41) is -0.448. The van der Waals surface area contributed by atoms with E-state index in [1.165, 1.54) is 11.3 Å². The van der Waals surface area contributed by atoms with Crippen LogP contribution in [0.1, 0.15) is 71.9 Å². The van der Waals surface area contributed by atoms with Gasteiger partial charge >= 0.3 is 5.97 Å². The summed E-state index contributed by atoms with van der Waals surface area (Å²) >= 11 is 0.861. The number of esters is 1. The molecule has 168 valence electrons. The van der Waals surface area contributed by atoms with Crippen molar-refractivity contribution < 1.29 is 19.1 Å². The lowest BCUT2D eigenvalue weighted by Gasteiger charge is -2.50. The Bertz CT molecular complexity index is 936. The molecule has 0 aliphatic carbocycles. The van der Waals surface area contributed by atoms with Gasteiger partial charge in [-0.05, 0) is 95.0 Å². The molecule has 31 heavy (non-hydrogen) atoms. The monoisotopic (exact) mass is 444 g/mol. The van der Waals surface area contributed by atoms with Crippen molar-refractivity contribution >= 4 is 40.6 Å². The van der Waals surface area contributed by atoms with Gasteiger partial charge in [0.1, 0.15) is 6.54 Å². The molecule has 0 N–H and O–H groups in total. The number of nitrogens with zero attached hydrogens (tertiary/aromatic N) is 2. The van der Waals surface area contributed by atoms with Gasteiger partial charge in [0.15, 0.2) is 0 Å². The molecule has 1 unspecified atom stereocenters. The predicted molar refractivity (Wildman–Crippen MR) is 125 cm³/mol. The number of fused-ring (bicyclic) bond motifs is 1. The van der Waals surface area contributed by atoms with Crippen molar-refractivity contribution in [3.05, 3.63) is 34.2 Å². The van der Waals surface area contributed by atoms with Gasteiger partial charge in [0, 0.05) is 17.3 Å². The van der Waals surface area contributed by atoms with Gasteiger partial charge in [-0.15, -0.1) is 0 Å².